The van der Waals surface area contributed by atoms with E-state index in [1.54, 1.807) is 0 Å². The number of hydrogen-bond donors (Lipinski definition) is 1. The molecule has 0 atom stereocenters. The molecular formula is C12H25NO2. The monoisotopic (exact) mass is 215 g/mol. The molecule has 0 aliphatic heterocycles. The normalized spacial score (nSPS) is 20.0. The van der Waals surface area contributed by atoms with Crippen LogP contribution in [0, 0.1) is 0 Å². The van der Waals surface area contributed by atoms with Gasteiger partial charge in [-0.1, -0.05) is 12.8 Å². The van der Waals surface area contributed by atoms with Gasteiger partial charge in [-0.3, -0.25) is 0 Å². The third-order valence-corrected chi connectivity index (χ3v) is 3.13. The minimum absolute atomic E-state index is 0.402. The summed E-state index contributed by atoms with van der Waals surface area (Å²) in [5, 5.41) is 10.2. The van der Waals surface area contributed by atoms with Crippen LogP contribution < -0.4 is 0 Å². The van der Waals surface area contributed by atoms with E-state index in [1.807, 2.05) is 6.92 Å². The Bertz CT molecular complexity index is 167. The lowest BCUT2D eigenvalue weighted by Gasteiger charge is -2.28. The fourth-order valence-corrected chi connectivity index (χ4v) is 2.35. The van der Waals surface area contributed by atoms with E-state index in [9.17, 15) is 5.11 Å². The molecule has 1 N–H and O–H groups in total. The lowest BCUT2D eigenvalue weighted by atomic mass is 10.0. The Morgan fingerprint density at radius 3 is 2.60 bits per heavy atom. The van der Waals surface area contributed by atoms with Gasteiger partial charge in [-0.25, -0.2) is 0 Å². The maximum Gasteiger partial charge on any atom is 0.0774 e. The average molecular weight is 215 g/mol. The molecule has 3 nitrogen and oxygen atoms in total. The zero-order valence-electron chi connectivity index (χ0n) is 10.2. The molecule has 0 spiro atoms. The van der Waals surface area contributed by atoms with E-state index in [1.165, 1.54) is 12.8 Å². The van der Waals surface area contributed by atoms with E-state index in [2.05, 4.69) is 11.9 Å². The minimum Gasteiger partial charge on any atom is -0.389 e. The predicted molar refractivity (Wildman–Crippen MR) is 62.0 cm³/mol. The van der Waals surface area contributed by atoms with Gasteiger partial charge in [0.15, 0.2) is 0 Å². The molecule has 1 aliphatic carbocycles. The van der Waals surface area contributed by atoms with E-state index in [-0.39, 0.29) is 0 Å². The van der Waals surface area contributed by atoms with Crippen molar-refractivity contribution in [1.29, 1.82) is 0 Å². The molecule has 1 saturated carbocycles. The van der Waals surface area contributed by atoms with E-state index in [0.717, 1.165) is 45.6 Å². The van der Waals surface area contributed by atoms with Gasteiger partial charge in [-0.15, -0.1) is 0 Å². The molecule has 0 amide bonds. The summed E-state index contributed by atoms with van der Waals surface area (Å²) in [4.78, 5) is 2.23. The Labute approximate surface area is 93.4 Å². The van der Waals surface area contributed by atoms with E-state index in [0.29, 0.717) is 0 Å². The molecular weight excluding hydrogens is 190 g/mol. The first-order valence-electron chi connectivity index (χ1n) is 6.15. The predicted octanol–water partition coefficient (Wildman–Crippen LogP) is 1.65. The van der Waals surface area contributed by atoms with Gasteiger partial charge in [0.05, 0.1) is 5.60 Å². The second-order valence-corrected chi connectivity index (χ2v) is 4.72. The van der Waals surface area contributed by atoms with Crippen molar-refractivity contribution >= 4 is 0 Å². The largest absolute Gasteiger partial charge is 0.389 e. The van der Waals surface area contributed by atoms with Crippen LogP contribution in [0.1, 0.15) is 39.0 Å². The first-order chi connectivity index (χ1) is 7.16. The highest BCUT2D eigenvalue weighted by Crippen LogP contribution is 2.29. The molecule has 1 fully saturated rings. The smallest absolute Gasteiger partial charge is 0.0774 e. The zero-order valence-corrected chi connectivity index (χ0v) is 10.2. The fraction of sp³-hybridized carbons (Fsp3) is 1.00. The molecule has 3 heteroatoms. The molecule has 15 heavy (non-hydrogen) atoms. The highest BCUT2D eigenvalue weighted by Gasteiger charge is 2.31. The second kappa shape index (κ2) is 6.46. The van der Waals surface area contributed by atoms with Crippen LogP contribution in [0.2, 0.25) is 0 Å². The van der Waals surface area contributed by atoms with E-state index >= 15 is 0 Å². The molecule has 90 valence electrons. The summed E-state index contributed by atoms with van der Waals surface area (Å²) in [6.45, 7) is 5.49. The summed E-state index contributed by atoms with van der Waals surface area (Å²) in [5.74, 6) is 0. The molecule has 0 heterocycles. The Morgan fingerprint density at radius 1 is 1.33 bits per heavy atom. The number of aliphatic hydroxyl groups is 1. The third kappa shape index (κ3) is 4.96. The first-order valence-corrected chi connectivity index (χ1v) is 6.15. The summed E-state index contributed by atoms with van der Waals surface area (Å²) >= 11 is 0. The Balaban J connectivity index is 2.09. The van der Waals surface area contributed by atoms with Gasteiger partial charge in [-0.2, -0.15) is 0 Å². The highest BCUT2D eigenvalue weighted by molar-refractivity contribution is 4.86. The van der Waals surface area contributed by atoms with Crippen molar-refractivity contribution in [2.24, 2.45) is 0 Å². The SMILES string of the molecule is CCOCCCN(C)CC1(O)CCCC1. The number of likely N-dealkylation sites (N-methyl/N-ethyl adjacent to an activating group) is 1. The van der Waals surface area contributed by atoms with Crippen LogP contribution in [0.4, 0.5) is 0 Å². The van der Waals surface area contributed by atoms with E-state index in [4.69, 9.17) is 4.74 Å². The summed E-state index contributed by atoms with van der Waals surface area (Å²) < 4.78 is 5.29. The number of rotatable bonds is 7. The van der Waals surface area contributed by atoms with Crippen LogP contribution in [0.3, 0.4) is 0 Å². The van der Waals surface area contributed by atoms with Crippen LogP contribution >= 0.6 is 0 Å². The molecule has 0 saturated heterocycles. The van der Waals surface area contributed by atoms with Gasteiger partial charge >= 0.3 is 0 Å². The maximum atomic E-state index is 10.2. The van der Waals surface area contributed by atoms with Crippen LogP contribution in [-0.2, 0) is 4.74 Å². The van der Waals surface area contributed by atoms with Gasteiger partial charge in [0.1, 0.15) is 0 Å². The van der Waals surface area contributed by atoms with Crippen LogP contribution in [0.15, 0.2) is 0 Å². The van der Waals surface area contributed by atoms with Crippen LogP contribution in [-0.4, -0.2) is 49.0 Å². The molecule has 0 unspecified atom stereocenters. The lowest BCUT2D eigenvalue weighted by molar-refractivity contribution is 0.0141. The second-order valence-electron chi connectivity index (χ2n) is 4.72. The Hall–Kier alpha value is -0.120. The highest BCUT2D eigenvalue weighted by atomic mass is 16.5. The number of ether oxygens (including phenoxy) is 1. The summed E-state index contributed by atoms with van der Waals surface area (Å²) in [6, 6.07) is 0. The van der Waals surface area contributed by atoms with Gasteiger partial charge in [0.25, 0.3) is 0 Å². The standard InChI is InChI=1S/C12H25NO2/c1-3-15-10-6-9-13(2)11-12(14)7-4-5-8-12/h14H,3-11H2,1-2H3. The van der Waals surface area contributed by atoms with Crippen molar-refractivity contribution in [3.63, 3.8) is 0 Å². The molecule has 1 rings (SSSR count). The number of nitrogens with zero attached hydrogens (tertiary/aromatic N) is 1. The van der Waals surface area contributed by atoms with Crippen molar-refractivity contribution in [2.75, 3.05) is 33.4 Å². The van der Waals surface area contributed by atoms with Crippen molar-refractivity contribution in [3.05, 3.63) is 0 Å². The van der Waals surface area contributed by atoms with Crippen LogP contribution in [0.5, 0.6) is 0 Å². The van der Waals surface area contributed by atoms with Crippen LogP contribution in [0.25, 0.3) is 0 Å². The summed E-state index contributed by atoms with van der Waals surface area (Å²) in [7, 11) is 2.09. The van der Waals surface area contributed by atoms with Gasteiger partial charge in [0, 0.05) is 26.3 Å². The van der Waals surface area contributed by atoms with Crippen molar-refractivity contribution in [3.8, 4) is 0 Å². The molecule has 1 aliphatic rings. The molecule has 0 aromatic heterocycles. The lowest BCUT2D eigenvalue weighted by Crippen LogP contribution is -2.39. The summed E-state index contributed by atoms with van der Waals surface area (Å²) in [6.07, 6.45) is 5.37. The van der Waals surface area contributed by atoms with Crippen molar-refractivity contribution < 1.29 is 9.84 Å². The van der Waals surface area contributed by atoms with Crippen molar-refractivity contribution in [1.82, 2.24) is 4.90 Å². The molecule has 0 bridgehead atoms. The molecule has 0 aromatic rings. The number of hydrogen-bond acceptors (Lipinski definition) is 3. The Kier molecular flexibility index (Phi) is 5.58. The topological polar surface area (TPSA) is 32.7 Å². The van der Waals surface area contributed by atoms with Gasteiger partial charge in [-0.05, 0) is 33.2 Å². The average Bonchev–Trinajstić information content (AvgIpc) is 2.59. The maximum absolute atomic E-state index is 10.2. The summed E-state index contributed by atoms with van der Waals surface area (Å²) in [5.41, 5.74) is -0.402. The quantitative estimate of drug-likeness (QED) is 0.655. The van der Waals surface area contributed by atoms with E-state index < -0.39 is 5.60 Å². The minimum atomic E-state index is -0.402. The molecule has 0 radical (unpaired) electrons. The zero-order chi connectivity index (χ0) is 11.1. The Morgan fingerprint density at radius 2 is 2.00 bits per heavy atom. The van der Waals surface area contributed by atoms with Gasteiger partial charge in [0.2, 0.25) is 0 Å². The van der Waals surface area contributed by atoms with Crippen molar-refractivity contribution in [2.45, 2.75) is 44.6 Å². The van der Waals surface area contributed by atoms with Gasteiger partial charge < -0.3 is 14.7 Å². The fourth-order valence-electron chi connectivity index (χ4n) is 2.35. The first kappa shape index (κ1) is 12.9. The molecule has 0 aromatic carbocycles. The third-order valence-electron chi connectivity index (χ3n) is 3.13.